The molecule has 20 heavy (non-hydrogen) atoms. The lowest BCUT2D eigenvalue weighted by atomic mass is 10.1. The largest absolute Gasteiger partial charge is 0.454 e. The molecule has 0 spiro atoms. The zero-order valence-electron chi connectivity index (χ0n) is 12.2. The first-order valence-electron chi connectivity index (χ1n) is 7.12. The van der Waals surface area contributed by atoms with Gasteiger partial charge in [0.15, 0.2) is 11.5 Å². The number of fused-ring (bicyclic) bond motifs is 1. The minimum atomic E-state index is -0.536. The van der Waals surface area contributed by atoms with Crippen molar-refractivity contribution < 1.29 is 19.3 Å². The van der Waals surface area contributed by atoms with E-state index in [0.717, 1.165) is 31.0 Å². The maximum absolute atomic E-state index is 10.3. The number of nitrogens with zero attached hydrogens (tertiary/aromatic N) is 1. The fourth-order valence-corrected chi connectivity index (χ4v) is 2.19. The Morgan fingerprint density at radius 3 is 2.85 bits per heavy atom. The molecular weight excluding hydrogens is 258 g/mol. The standard InChI is InChI=1S/C15H23NO4/c1-3-16(7-8-18-4-2)10-13(17)12-5-6-14-15(9-12)20-11-19-14/h5-6,9,13,17H,3-4,7-8,10-11H2,1-2H3. The van der Waals surface area contributed by atoms with Crippen LogP contribution >= 0.6 is 0 Å². The molecule has 0 radical (unpaired) electrons. The SMILES string of the molecule is CCOCCN(CC)CC(O)c1ccc2c(c1)OCO2. The summed E-state index contributed by atoms with van der Waals surface area (Å²) in [5.74, 6) is 1.45. The summed E-state index contributed by atoms with van der Waals surface area (Å²) in [6.07, 6.45) is -0.536. The van der Waals surface area contributed by atoms with Gasteiger partial charge in [0, 0.05) is 19.7 Å². The number of hydrogen-bond donors (Lipinski definition) is 1. The lowest BCUT2D eigenvalue weighted by molar-refractivity contribution is 0.0791. The number of benzene rings is 1. The zero-order valence-corrected chi connectivity index (χ0v) is 12.2. The van der Waals surface area contributed by atoms with Gasteiger partial charge >= 0.3 is 0 Å². The molecule has 1 aliphatic heterocycles. The molecule has 0 saturated carbocycles. The van der Waals surface area contributed by atoms with E-state index in [9.17, 15) is 5.11 Å². The van der Waals surface area contributed by atoms with Gasteiger partial charge in [0.1, 0.15) is 0 Å². The van der Waals surface area contributed by atoms with E-state index in [1.54, 1.807) is 0 Å². The van der Waals surface area contributed by atoms with Gasteiger partial charge in [0.2, 0.25) is 6.79 Å². The van der Waals surface area contributed by atoms with E-state index in [1.807, 2.05) is 25.1 Å². The third-order valence-electron chi connectivity index (χ3n) is 3.42. The number of likely N-dealkylation sites (N-methyl/N-ethyl adjacent to an activating group) is 1. The molecule has 1 N–H and O–H groups in total. The number of aliphatic hydroxyl groups excluding tert-OH is 1. The normalized spacial score (nSPS) is 14.8. The molecule has 0 amide bonds. The third-order valence-corrected chi connectivity index (χ3v) is 3.42. The Morgan fingerprint density at radius 1 is 1.30 bits per heavy atom. The minimum Gasteiger partial charge on any atom is -0.454 e. The summed E-state index contributed by atoms with van der Waals surface area (Å²) in [7, 11) is 0. The number of ether oxygens (including phenoxy) is 3. The Kier molecular flexibility index (Phi) is 5.64. The molecule has 5 heteroatoms. The molecule has 0 saturated heterocycles. The van der Waals surface area contributed by atoms with Crippen molar-refractivity contribution in [2.24, 2.45) is 0 Å². The van der Waals surface area contributed by atoms with Crippen molar-refractivity contribution in [2.75, 3.05) is 39.6 Å². The van der Waals surface area contributed by atoms with Crippen molar-refractivity contribution >= 4 is 0 Å². The topological polar surface area (TPSA) is 51.2 Å². The molecule has 0 fully saturated rings. The van der Waals surface area contributed by atoms with E-state index in [0.29, 0.717) is 18.9 Å². The van der Waals surface area contributed by atoms with Crippen LogP contribution in [0.1, 0.15) is 25.5 Å². The fraction of sp³-hybridized carbons (Fsp3) is 0.600. The molecule has 1 aromatic carbocycles. The molecule has 1 heterocycles. The Bertz CT molecular complexity index is 424. The van der Waals surface area contributed by atoms with E-state index in [1.165, 1.54) is 0 Å². The first-order chi connectivity index (χ1) is 9.74. The summed E-state index contributed by atoms with van der Waals surface area (Å²) >= 11 is 0. The van der Waals surface area contributed by atoms with Gasteiger partial charge in [-0.2, -0.15) is 0 Å². The van der Waals surface area contributed by atoms with Crippen LogP contribution in [0.5, 0.6) is 11.5 Å². The highest BCUT2D eigenvalue weighted by atomic mass is 16.7. The molecule has 1 unspecified atom stereocenters. The highest BCUT2D eigenvalue weighted by molar-refractivity contribution is 5.45. The van der Waals surface area contributed by atoms with Gasteiger partial charge in [-0.15, -0.1) is 0 Å². The second-order valence-electron chi connectivity index (χ2n) is 4.72. The second-order valence-corrected chi connectivity index (χ2v) is 4.72. The summed E-state index contributed by atoms with van der Waals surface area (Å²) < 4.78 is 16.0. The van der Waals surface area contributed by atoms with Gasteiger partial charge in [-0.1, -0.05) is 13.0 Å². The second kappa shape index (κ2) is 7.47. The molecule has 1 aromatic rings. The van der Waals surface area contributed by atoms with Crippen molar-refractivity contribution in [2.45, 2.75) is 20.0 Å². The summed E-state index contributed by atoms with van der Waals surface area (Å²) in [4.78, 5) is 2.17. The van der Waals surface area contributed by atoms with E-state index >= 15 is 0 Å². The molecular formula is C15H23NO4. The molecule has 112 valence electrons. The summed E-state index contributed by atoms with van der Waals surface area (Å²) in [6, 6.07) is 5.58. The summed E-state index contributed by atoms with van der Waals surface area (Å²) in [6.45, 7) is 8.03. The molecule has 1 aliphatic rings. The lowest BCUT2D eigenvalue weighted by Crippen LogP contribution is -2.31. The van der Waals surface area contributed by atoms with Gasteiger partial charge in [-0.3, -0.25) is 4.90 Å². The smallest absolute Gasteiger partial charge is 0.231 e. The number of rotatable bonds is 8. The molecule has 1 atom stereocenters. The van der Waals surface area contributed by atoms with Crippen molar-refractivity contribution in [3.05, 3.63) is 23.8 Å². The third kappa shape index (κ3) is 3.85. The average Bonchev–Trinajstić information content (AvgIpc) is 2.93. The van der Waals surface area contributed by atoms with Gasteiger partial charge in [0.05, 0.1) is 12.7 Å². The van der Waals surface area contributed by atoms with E-state index in [2.05, 4.69) is 11.8 Å². The monoisotopic (exact) mass is 281 g/mol. The van der Waals surface area contributed by atoms with Gasteiger partial charge in [0.25, 0.3) is 0 Å². The predicted molar refractivity (Wildman–Crippen MR) is 76.1 cm³/mol. The van der Waals surface area contributed by atoms with Crippen LogP contribution in [0.4, 0.5) is 0 Å². The van der Waals surface area contributed by atoms with Gasteiger partial charge < -0.3 is 19.3 Å². The summed E-state index contributed by atoms with van der Waals surface area (Å²) in [5.41, 5.74) is 0.851. The van der Waals surface area contributed by atoms with Crippen LogP contribution in [0.3, 0.4) is 0 Å². The van der Waals surface area contributed by atoms with Crippen LogP contribution in [0.15, 0.2) is 18.2 Å². The summed E-state index contributed by atoms with van der Waals surface area (Å²) in [5, 5.41) is 10.3. The predicted octanol–water partition coefficient (Wildman–Crippen LogP) is 1.81. The van der Waals surface area contributed by atoms with Crippen molar-refractivity contribution in [1.82, 2.24) is 4.90 Å². The van der Waals surface area contributed by atoms with Crippen LogP contribution in [0.2, 0.25) is 0 Å². The number of hydrogen-bond acceptors (Lipinski definition) is 5. The molecule has 0 aliphatic carbocycles. The quantitative estimate of drug-likeness (QED) is 0.736. The Labute approximate surface area is 120 Å². The molecule has 0 bridgehead atoms. The van der Waals surface area contributed by atoms with Crippen molar-refractivity contribution in [3.8, 4) is 11.5 Å². The van der Waals surface area contributed by atoms with Crippen molar-refractivity contribution in [3.63, 3.8) is 0 Å². The molecule has 2 rings (SSSR count). The first-order valence-corrected chi connectivity index (χ1v) is 7.12. The lowest BCUT2D eigenvalue weighted by Gasteiger charge is -2.23. The molecule has 0 aromatic heterocycles. The highest BCUT2D eigenvalue weighted by Crippen LogP contribution is 2.34. The van der Waals surface area contributed by atoms with E-state index in [4.69, 9.17) is 14.2 Å². The first kappa shape index (κ1) is 15.1. The maximum Gasteiger partial charge on any atom is 0.231 e. The van der Waals surface area contributed by atoms with Crippen molar-refractivity contribution in [1.29, 1.82) is 0 Å². The maximum atomic E-state index is 10.3. The zero-order chi connectivity index (χ0) is 14.4. The van der Waals surface area contributed by atoms with Crippen LogP contribution < -0.4 is 9.47 Å². The Balaban J connectivity index is 1.91. The Morgan fingerprint density at radius 2 is 2.10 bits per heavy atom. The van der Waals surface area contributed by atoms with Gasteiger partial charge in [-0.05, 0) is 31.2 Å². The number of aliphatic hydroxyl groups is 1. The fourth-order valence-electron chi connectivity index (χ4n) is 2.19. The average molecular weight is 281 g/mol. The van der Waals surface area contributed by atoms with Gasteiger partial charge in [-0.25, -0.2) is 0 Å². The van der Waals surface area contributed by atoms with E-state index < -0.39 is 6.10 Å². The van der Waals surface area contributed by atoms with Crippen LogP contribution in [0, 0.1) is 0 Å². The highest BCUT2D eigenvalue weighted by Gasteiger charge is 2.18. The molecule has 5 nitrogen and oxygen atoms in total. The minimum absolute atomic E-state index is 0.254. The van der Waals surface area contributed by atoms with Crippen LogP contribution in [0.25, 0.3) is 0 Å². The Hall–Kier alpha value is -1.30. The van der Waals surface area contributed by atoms with Crippen LogP contribution in [-0.4, -0.2) is 49.6 Å². The van der Waals surface area contributed by atoms with E-state index in [-0.39, 0.29) is 6.79 Å². The van der Waals surface area contributed by atoms with Crippen LogP contribution in [-0.2, 0) is 4.74 Å².